The summed E-state index contributed by atoms with van der Waals surface area (Å²) in [6.45, 7) is 4.39. The van der Waals surface area contributed by atoms with Gasteiger partial charge in [-0.05, 0) is 31.2 Å². The Kier molecular flexibility index (Phi) is 4.89. The number of amides is 2. The highest BCUT2D eigenvalue weighted by atomic mass is 32.2. The first-order valence-electron chi connectivity index (χ1n) is 9.34. The largest absolute Gasteiger partial charge is 0.461 e. The number of anilines is 1. The lowest BCUT2D eigenvalue weighted by molar-refractivity contribution is -0.115. The van der Waals surface area contributed by atoms with Crippen LogP contribution in [0, 0.1) is 0 Å². The van der Waals surface area contributed by atoms with Crippen LogP contribution >= 0.6 is 11.8 Å². The minimum Gasteiger partial charge on any atom is -0.461 e. The van der Waals surface area contributed by atoms with Gasteiger partial charge < -0.3 is 14.6 Å². The minimum absolute atomic E-state index is 0.0343. The molecule has 5 nitrogen and oxygen atoms in total. The van der Waals surface area contributed by atoms with Gasteiger partial charge >= 0.3 is 0 Å². The minimum atomic E-state index is -0.126. The highest BCUT2D eigenvalue weighted by Crippen LogP contribution is 2.36. The fourth-order valence-electron chi connectivity index (χ4n) is 3.48. The number of carbonyl (C=O) groups is 2. The van der Waals surface area contributed by atoms with Crippen molar-refractivity contribution in [3.8, 4) is 0 Å². The van der Waals surface area contributed by atoms with E-state index in [1.165, 1.54) is 11.8 Å². The molecule has 0 aliphatic carbocycles. The zero-order valence-electron chi connectivity index (χ0n) is 16.1. The third-order valence-corrected chi connectivity index (χ3v) is 6.18. The average molecular weight is 394 g/mol. The van der Waals surface area contributed by atoms with Crippen molar-refractivity contribution in [3.05, 3.63) is 59.4 Å². The Morgan fingerprint density at radius 2 is 2.04 bits per heavy atom. The third-order valence-electron chi connectivity index (χ3n) is 5.00. The fraction of sp³-hybridized carbons (Fsp3) is 0.273. The summed E-state index contributed by atoms with van der Waals surface area (Å²) in [7, 11) is 1.79. The number of furan rings is 1. The van der Waals surface area contributed by atoms with Crippen molar-refractivity contribution in [2.24, 2.45) is 0 Å². The van der Waals surface area contributed by atoms with Gasteiger partial charge in [0.25, 0.3) is 5.91 Å². The van der Waals surface area contributed by atoms with Crippen LogP contribution in [0.1, 0.15) is 35.5 Å². The molecule has 0 saturated carbocycles. The van der Waals surface area contributed by atoms with E-state index in [0.717, 1.165) is 33.6 Å². The highest BCUT2D eigenvalue weighted by molar-refractivity contribution is 8.00. The van der Waals surface area contributed by atoms with Crippen LogP contribution in [-0.4, -0.2) is 29.0 Å². The lowest BCUT2D eigenvalue weighted by Crippen LogP contribution is -2.28. The second-order valence-electron chi connectivity index (χ2n) is 6.97. The number of carbonyl (C=O) groups excluding carboxylic acids is 2. The van der Waals surface area contributed by atoms with Crippen LogP contribution in [0.3, 0.4) is 0 Å². The average Bonchev–Trinajstić information content (AvgIpc) is 3.05. The van der Waals surface area contributed by atoms with E-state index in [1.54, 1.807) is 18.0 Å². The number of rotatable bonds is 4. The van der Waals surface area contributed by atoms with E-state index in [9.17, 15) is 9.59 Å². The summed E-state index contributed by atoms with van der Waals surface area (Å²) in [5.41, 5.74) is 3.15. The number of fused-ring (bicyclic) bond motifs is 2. The maximum atomic E-state index is 13.0. The first-order chi connectivity index (χ1) is 13.5. The molecule has 2 heterocycles. The van der Waals surface area contributed by atoms with Crippen LogP contribution in [-0.2, 0) is 17.8 Å². The summed E-state index contributed by atoms with van der Waals surface area (Å²) in [5.74, 6) is 0.782. The van der Waals surface area contributed by atoms with Crippen molar-refractivity contribution in [1.82, 2.24) is 4.90 Å². The summed E-state index contributed by atoms with van der Waals surface area (Å²) >= 11 is 1.51. The summed E-state index contributed by atoms with van der Waals surface area (Å²) < 4.78 is 5.94. The number of hydrogen-bond donors (Lipinski definition) is 1. The van der Waals surface area contributed by atoms with Gasteiger partial charge in [-0.15, -0.1) is 11.8 Å². The Bertz CT molecular complexity index is 1070. The van der Waals surface area contributed by atoms with E-state index in [2.05, 4.69) is 5.32 Å². The number of benzene rings is 2. The van der Waals surface area contributed by atoms with E-state index >= 15 is 0 Å². The number of nitrogens with zero attached hydrogens (tertiary/aromatic N) is 1. The van der Waals surface area contributed by atoms with E-state index in [4.69, 9.17) is 4.42 Å². The van der Waals surface area contributed by atoms with Crippen LogP contribution < -0.4 is 5.32 Å². The molecule has 0 spiro atoms. The zero-order valence-corrected chi connectivity index (χ0v) is 16.9. The van der Waals surface area contributed by atoms with Gasteiger partial charge in [-0.2, -0.15) is 0 Å². The molecule has 1 aromatic heterocycles. The number of para-hydroxylation sites is 1. The van der Waals surface area contributed by atoms with Crippen LogP contribution in [0.5, 0.6) is 0 Å². The number of hydrogen-bond acceptors (Lipinski definition) is 4. The molecule has 144 valence electrons. The SMILES string of the molecule is CCc1oc2ccccc2c1CN(C)C(=O)c1ccc2c(c1)NC(=O)C(C)S2. The van der Waals surface area contributed by atoms with Gasteiger partial charge in [0, 0.05) is 41.4 Å². The van der Waals surface area contributed by atoms with Crippen molar-refractivity contribution in [1.29, 1.82) is 0 Å². The second-order valence-corrected chi connectivity index (χ2v) is 8.36. The molecule has 6 heteroatoms. The molecule has 0 radical (unpaired) electrons. The quantitative estimate of drug-likeness (QED) is 0.697. The van der Waals surface area contributed by atoms with Crippen LogP contribution in [0.2, 0.25) is 0 Å². The molecule has 4 rings (SSSR count). The molecule has 0 fully saturated rings. The van der Waals surface area contributed by atoms with Gasteiger partial charge in [0.05, 0.1) is 10.9 Å². The smallest absolute Gasteiger partial charge is 0.253 e. The number of thioether (sulfide) groups is 1. The van der Waals surface area contributed by atoms with Crippen molar-refractivity contribution >= 4 is 40.2 Å². The summed E-state index contributed by atoms with van der Waals surface area (Å²) in [6.07, 6.45) is 0.770. The number of nitrogens with one attached hydrogen (secondary N) is 1. The first kappa shape index (κ1) is 18.6. The van der Waals surface area contributed by atoms with Crippen LogP contribution in [0.25, 0.3) is 11.0 Å². The van der Waals surface area contributed by atoms with Gasteiger partial charge in [0.15, 0.2) is 0 Å². The lowest BCUT2D eigenvalue weighted by atomic mass is 10.1. The lowest BCUT2D eigenvalue weighted by Gasteiger charge is -2.23. The molecule has 28 heavy (non-hydrogen) atoms. The van der Waals surface area contributed by atoms with Crippen molar-refractivity contribution in [2.75, 3.05) is 12.4 Å². The molecule has 3 aromatic rings. The Labute approximate surface area is 168 Å². The fourth-order valence-corrected chi connectivity index (χ4v) is 4.41. The molecule has 1 unspecified atom stereocenters. The molecule has 1 N–H and O–H groups in total. The van der Waals surface area contributed by atoms with Gasteiger partial charge in [-0.1, -0.05) is 25.1 Å². The Morgan fingerprint density at radius 1 is 1.25 bits per heavy atom. The molecular formula is C22H22N2O3S. The summed E-state index contributed by atoms with van der Waals surface area (Å²) in [4.78, 5) is 27.6. The van der Waals surface area contributed by atoms with Gasteiger partial charge in [-0.3, -0.25) is 9.59 Å². The third kappa shape index (κ3) is 3.29. The van der Waals surface area contributed by atoms with Gasteiger partial charge in [-0.25, -0.2) is 0 Å². The second kappa shape index (κ2) is 7.36. The molecule has 1 aliphatic heterocycles. The zero-order chi connectivity index (χ0) is 19.8. The van der Waals surface area contributed by atoms with E-state index in [0.29, 0.717) is 17.8 Å². The van der Waals surface area contributed by atoms with E-state index in [-0.39, 0.29) is 17.1 Å². The molecule has 1 aliphatic rings. The molecule has 0 saturated heterocycles. The van der Waals surface area contributed by atoms with Crippen molar-refractivity contribution in [3.63, 3.8) is 0 Å². The van der Waals surface area contributed by atoms with Gasteiger partial charge in [0.2, 0.25) is 5.91 Å². The van der Waals surface area contributed by atoms with E-state index in [1.807, 2.05) is 50.2 Å². The Morgan fingerprint density at radius 3 is 2.82 bits per heavy atom. The number of aryl methyl sites for hydroxylation is 1. The Hall–Kier alpha value is -2.73. The maximum absolute atomic E-state index is 13.0. The topological polar surface area (TPSA) is 62.6 Å². The van der Waals surface area contributed by atoms with Crippen LogP contribution in [0.15, 0.2) is 51.8 Å². The predicted octanol–water partition coefficient (Wildman–Crippen LogP) is 4.70. The van der Waals surface area contributed by atoms with Gasteiger partial charge in [0.1, 0.15) is 11.3 Å². The van der Waals surface area contributed by atoms with Crippen molar-refractivity contribution < 1.29 is 14.0 Å². The molecule has 2 aromatic carbocycles. The first-order valence-corrected chi connectivity index (χ1v) is 10.2. The molecular weight excluding hydrogens is 372 g/mol. The van der Waals surface area contributed by atoms with Crippen LogP contribution in [0.4, 0.5) is 5.69 Å². The van der Waals surface area contributed by atoms with E-state index < -0.39 is 0 Å². The monoisotopic (exact) mass is 394 g/mol. The molecule has 0 bridgehead atoms. The summed E-state index contributed by atoms with van der Waals surface area (Å²) in [5, 5.41) is 3.80. The maximum Gasteiger partial charge on any atom is 0.253 e. The highest BCUT2D eigenvalue weighted by Gasteiger charge is 2.25. The molecule has 1 atom stereocenters. The summed E-state index contributed by atoms with van der Waals surface area (Å²) in [6, 6.07) is 13.4. The normalized spacial score (nSPS) is 16.0. The predicted molar refractivity (Wildman–Crippen MR) is 112 cm³/mol. The molecule has 2 amide bonds. The Balaban J connectivity index is 1.60. The standard InChI is InChI=1S/C22H22N2O3S/c1-4-18-16(15-7-5-6-8-19(15)27-18)12-24(3)22(26)14-9-10-20-17(11-14)23-21(25)13(2)28-20/h5-11,13H,4,12H2,1-3H3,(H,23,25). The van der Waals surface area contributed by atoms with Crippen molar-refractivity contribution in [2.45, 2.75) is 37.0 Å².